The van der Waals surface area contributed by atoms with Crippen LogP contribution in [0.1, 0.15) is 38.2 Å². The van der Waals surface area contributed by atoms with E-state index in [1.54, 1.807) is 7.11 Å². The monoisotopic (exact) mass is 333 g/mol. The minimum absolute atomic E-state index is 0. The highest BCUT2D eigenvalue weighted by atomic mass is 35.5. The Labute approximate surface area is 146 Å². The molecule has 2 aromatic rings. The zero-order valence-corrected chi connectivity index (χ0v) is 15.1. The van der Waals surface area contributed by atoms with Gasteiger partial charge < -0.3 is 9.64 Å². The van der Waals surface area contributed by atoms with E-state index in [-0.39, 0.29) is 12.4 Å². The van der Waals surface area contributed by atoms with E-state index < -0.39 is 0 Å². The Morgan fingerprint density at radius 2 is 2.04 bits per heavy atom. The number of hydrogen-bond acceptors (Lipinski definition) is 2. The van der Waals surface area contributed by atoms with Crippen LogP contribution in [0.5, 0.6) is 5.75 Å². The topological polar surface area (TPSA) is 12.5 Å². The maximum atomic E-state index is 5.33. The normalized spacial score (nSPS) is 18.6. The van der Waals surface area contributed by atoms with Gasteiger partial charge in [-0.3, -0.25) is 0 Å². The SMILES string of the molecule is COc1ccc2c(CCCN3CCCC[C@H]3C)cccc2c1.Cl. The molecule has 0 unspecified atom stereocenters. The van der Waals surface area contributed by atoms with Gasteiger partial charge in [-0.05, 0) is 74.2 Å². The van der Waals surface area contributed by atoms with Crippen molar-refractivity contribution in [3.8, 4) is 5.75 Å². The molecule has 1 fully saturated rings. The van der Waals surface area contributed by atoms with Gasteiger partial charge in [-0.2, -0.15) is 0 Å². The highest BCUT2D eigenvalue weighted by Gasteiger charge is 2.17. The predicted octanol–water partition coefficient (Wildman–Crippen LogP) is 5.08. The molecule has 0 radical (unpaired) electrons. The third-order valence-electron chi connectivity index (χ3n) is 5.01. The second kappa shape index (κ2) is 8.56. The fraction of sp³-hybridized carbons (Fsp3) is 0.500. The molecule has 1 saturated heterocycles. The first-order valence-electron chi connectivity index (χ1n) is 8.57. The summed E-state index contributed by atoms with van der Waals surface area (Å²) in [6.45, 7) is 4.89. The van der Waals surface area contributed by atoms with E-state index in [1.807, 2.05) is 0 Å². The number of likely N-dealkylation sites (tertiary alicyclic amines) is 1. The van der Waals surface area contributed by atoms with Crippen LogP contribution >= 0.6 is 12.4 Å². The minimum atomic E-state index is 0. The van der Waals surface area contributed by atoms with Crippen molar-refractivity contribution < 1.29 is 4.74 Å². The van der Waals surface area contributed by atoms with Crippen molar-refractivity contribution in [1.82, 2.24) is 4.90 Å². The van der Waals surface area contributed by atoms with Crippen LogP contribution in [0.25, 0.3) is 10.8 Å². The van der Waals surface area contributed by atoms with Gasteiger partial charge >= 0.3 is 0 Å². The number of methoxy groups -OCH3 is 1. The summed E-state index contributed by atoms with van der Waals surface area (Å²) in [5.41, 5.74) is 1.46. The first-order chi connectivity index (χ1) is 10.8. The number of benzene rings is 2. The number of halogens is 1. The Balaban J connectivity index is 0.00000192. The number of piperidine rings is 1. The molecule has 0 saturated carbocycles. The van der Waals surface area contributed by atoms with Crippen molar-refractivity contribution in [1.29, 1.82) is 0 Å². The summed E-state index contributed by atoms with van der Waals surface area (Å²) in [7, 11) is 1.73. The van der Waals surface area contributed by atoms with Crippen molar-refractivity contribution in [2.45, 2.75) is 45.1 Å². The maximum absolute atomic E-state index is 5.33. The van der Waals surface area contributed by atoms with E-state index in [0.717, 1.165) is 18.2 Å². The zero-order chi connectivity index (χ0) is 15.4. The van der Waals surface area contributed by atoms with Crippen molar-refractivity contribution in [3.05, 3.63) is 42.0 Å². The average molecular weight is 334 g/mol. The molecular formula is C20H28ClNO. The van der Waals surface area contributed by atoms with E-state index in [2.05, 4.69) is 48.2 Å². The third kappa shape index (κ3) is 4.39. The number of nitrogens with zero attached hydrogens (tertiary/aromatic N) is 1. The molecule has 0 aromatic heterocycles. The summed E-state index contributed by atoms with van der Waals surface area (Å²) in [4.78, 5) is 2.66. The zero-order valence-electron chi connectivity index (χ0n) is 14.3. The molecule has 0 amide bonds. The van der Waals surface area contributed by atoms with Gasteiger partial charge in [0.15, 0.2) is 0 Å². The summed E-state index contributed by atoms with van der Waals surface area (Å²) in [5, 5.41) is 2.65. The number of rotatable bonds is 5. The molecule has 1 atom stereocenters. The Bertz CT molecular complexity index is 628. The number of ether oxygens (including phenoxy) is 1. The van der Waals surface area contributed by atoms with Gasteiger partial charge in [-0.15, -0.1) is 12.4 Å². The summed E-state index contributed by atoms with van der Waals surface area (Å²) in [6.07, 6.45) is 6.55. The molecule has 2 aromatic carbocycles. The van der Waals surface area contributed by atoms with Crippen LogP contribution < -0.4 is 4.74 Å². The highest BCUT2D eigenvalue weighted by molar-refractivity contribution is 5.87. The van der Waals surface area contributed by atoms with Gasteiger partial charge in [0.2, 0.25) is 0 Å². The van der Waals surface area contributed by atoms with Crippen LogP contribution in [0.2, 0.25) is 0 Å². The molecule has 126 valence electrons. The fourth-order valence-electron chi connectivity index (χ4n) is 3.64. The molecular weight excluding hydrogens is 306 g/mol. The van der Waals surface area contributed by atoms with Crippen LogP contribution in [0.3, 0.4) is 0 Å². The number of aryl methyl sites for hydroxylation is 1. The Morgan fingerprint density at radius 1 is 1.17 bits per heavy atom. The van der Waals surface area contributed by atoms with Gasteiger partial charge in [0.25, 0.3) is 0 Å². The summed E-state index contributed by atoms with van der Waals surface area (Å²) in [6, 6.07) is 13.8. The Morgan fingerprint density at radius 3 is 2.83 bits per heavy atom. The van der Waals surface area contributed by atoms with E-state index >= 15 is 0 Å². The van der Waals surface area contributed by atoms with Gasteiger partial charge in [-0.1, -0.05) is 30.7 Å². The van der Waals surface area contributed by atoms with E-state index in [0.29, 0.717) is 0 Å². The minimum Gasteiger partial charge on any atom is -0.497 e. The van der Waals surface area contributed by atoms with Gasteiger partial charge in [0.05, 0.1) is 7.11 Å². The summed E-state index contributed by atoms with van der Waals surface area (Å²) >= 11 is 0. The van der Waals surface area contributed by atoms with E-state index in [9.17, 15) is 0 Å². The average Bonchev–Trinajstić information content (AvgIpc) is 2.56. The quantitative estimate of drug-likeness (QED) is 0.756. The predicted molar refractivity (Wildman–Crippen MR) is 101 cm³/mol. The van der Waals surface area contributed by atoms with E-state index in [1.165, 1.54) is 55.1 Å². The van der Waals surface area contributed by atoms with Crippen molar-refractivity contribution in [2.24, 2.45) is 0 Å². The molecule has 3 heteroatoms. The van der Waals surface area contributed by atoms with Gasteiger partial charge in [0.1, 0.15) is 5.75 Å². The van der Waals surface area contributed by atoms with Crippen molar-refractivity contribution >= 4 is 23.2 Å². The smallest absolute Gasteiger partial charge is 0.119 e. The molecule has 1 heterocycles. The molecule has 0 spiro atoms. The largest absolute Gasteiger partial charge is 0.497 e. The van der Waals surface area contributed by atoms with Crippen LogP contribution in [-0.4, -0.2) is 31.1 Å². The second-order valence-electron chi connectivity index (χ2n) is 6.49. The highest BCUT2D eigenvalue weighted by Crippen LogP contribution is 2.25. The lowest BCUT2D eigenvalue weighted by molar-refractivity contribution is 0.159. The standard InChI is InChI=1S/C20H27NO.ClH/c1-16-7-3-4-13-21(16)14-6-10-17-8-5-9-18-15-19(22-2)11-12-20(17)18;/h5,8-9,11-12,15-16H,3-4,6-7,10,13-14H2,1-2H3;1H/t16-;/m1./s1. The lowest BCUT2D eigenvalue weighted by Gasteiger charge is -2.33. The lowest BCUT2D eigenvalue weighted by Crippen LogP contribution is -2.38. The van der Waals surface area contributed by atoms with Crippen LogP contribution in [0.4, 0.5) is 0 Å². The summed E-state index contributed by atoms with van der Waals surface area (Å²) < 4.78 is 5.33. The van der Waals surface area contributed by atoms with Crippen molar-refractivity contribution in [3.63, 3.8) is 0 Å². The first kappa shape index (κ1) is 18.1. The molecule has 0 bridgehead atoms. The molecule has 0 N–H and O–H groups in total. The fourth-order valence-corrected chi connectivity index (χ4v) is 3.64. The molecule has 2 nitrogen and oxygen atoms in total. The number of fused-ring (bicyclic) bond motifs is 1. The molecule has 3 rings (SSSR count). The molecule has 23 heavy (non-hydrogen) atoms. The van der Waals surface area contributed by atoms with E-state index in [4.69, 9.17) is 4.74 Å². The molecule has 0 aliphatic carbocycles. The van der Waals surface area contributed by atoms with Gasteiger partial charge in [0, 0.05) is 6.04 Å². The molecule has 1 aliphatic heterocycles. The summed E-state index contributed by atoms with van der Waals surface area (Å²) in [5.74, 6) is 0.937. The second-order valence-corrected chi connectivity index (χ2v) is 6.49. The van der Waals surface area contributed by atoms with Crippen LogP contribution in [-0.2, 0) is 6.42 Å². The number of hydrogen-bond donors (Lipinski definition) is 0. The van der Waals surface area contributed by atoms with Crippen molar-refractivity contribution in [2.75, 3.05) is 20.2 Å². The Kier molecular flexibility index (Phi) is 6.73. The third-order valence-corrected chi connectivity index (χ3v) is 5.01. The van der Waals surface area contributed by atoms with Crippen LogP contribution in [0, 0.1) is 0 Å². The van der Waals surface area contributed by atoms with Gasteiger partial charge in [-0.25, -0.2) is 0 Å². The maximum Gasteiger partial charge on any atom is 0.119 e. The lowest BCUT2D eigenvalue weighted by atomic mass is 9.99. The molecule has 1 aliphatic rings. The Hall–Kier alpha value is -1.25. The van der Waals surface area contributed by atoms with Crippen LogP contribution in [0.15, 0.2) is 36.4 Å². The first-order valence-corrected chi connectivity index (χ1v) is 8.57.